The van der Waals surface area contributed by atoms with Gasteiger partial charge >= 0.3 is 0 Å². The number of nitrogens with zero attached hydrogens (tertiary/aromatic N) is 3. The Bertz CT molecular complexity index is 571. The van der Waals surface area contributed by atoms with Crippen LogP contribution in [-0.4, -0.2) is 21.3 Å². The molecule has 5 heteroatoms. The van der Waals surface area contributed by atoms with E-state index in [0.717, 1.165) is 30.1 Å². The first kappa shape index (κ1) is 16.2. The number of aromatic nitrogens is 3. The smallest absolute Gasteiger partial charge is 0.115 e. The van der Waals surface area contributed by atoms with Crippen LogP contribution in [0.2, 0.25) is 0 Å². The standard InChI is InChI=1S/C16H26N4S/c1-6-8-17-15(12-9-20(5)19-13(12)7-2)16-18-14(10-21-16)11(3)4/h9-11,15,17H,6-8H2,1-5H3. The molecule has 2 aromatic heterocycles. The first-order valence-electron chi connectivity index (χ1n) is 7.77. The van der Waals surface area contributed by atoms with Crippen molar-refractivity contribution in [1.82, 2.24) is 20.1 Å². The highest BCUT2D eigenvalue weighted by atomic mass is 32.1. The predicted molar refractivity (Wildman–Crippen MR) is 88.9 cm³/mol. The summed E-state index contributed by atoms with van der Waals surface area (Å²) in [6.07, 6.45) is 4.19. The lowest BCUT2D eigenvalue weighted by molar-refractivity contribution is 0.589. The molecule has 1 N–H and O–H groups in total. The fraction of sp³-hybridized carbons (Fsp3) is 0.625. The van der Waals surface area contributed by atoms with E-state index < -0.39 is 0 Å². The van der Waals surface area contributed by atoms with E-state index in [1.807, 2.05) is 11.7 Å². The topological polar surface area (TPSA) is 42.7 Å². The van der Waals surface area contributed by atoms with Crippen molar-refractivity contribution >= 4 is 11.3 Å². The largest absolute Gasteiger partial charge is 0.304 e. The number of nitrogens with one attached hydrogen (secondary N) is 1. The molecule has 1 atom stereocenters. The second kappa shape index (κ2) is 7.18. The van der Waals surface area contributed by atoms with Crippen LogP contribution >= 0.6 is 11.3 Å². The van der Waals surface area contributed by atoms with Crippen LogP contribution in [0.3, 0.4) is 0 Å². The molecule has 0 aliphatic carbocycles. The van der Waals surface area contributed by atoms with Gasteiger partial charge in [0.15, 0.2) is 0 Å². The summed E-state index contributed by atoms with van der Waals surface area (Å²) in [6, 6.07) is 0.158. The molecule has 0 aliphatic rings. The second-order valence-corrected chi connectivity index (χ2v) is 6.60. The van der Waals surface area contributed by atoms with E-state index in [4.69, 9.17) is 4.98 Å². The maximum atomic E-state index is 4.84. The lowest BCUT2D eigenvalue weighted by Crippen LogP contribution is -2.23. The van der Waals surface area contributed by atoms with Gasteiger partial charge in [0.05, 0.1) is 17.4 Å². The lowest BCUT2D eigenvalue weighted by atomic mass is 10.1. The molecule has 2 aromatic rings. The van der Waals surface area contributed by atoms with E-state index >= 15 is 0 Å². The molecule has 0 spiro atoms. The summed E-state index contributed by atoms with van der Waals surface area (Å²) in [5.41, 5.74) is 3.60. The molecule has 1 unspecified atom stereocenters. The molecule has 0 aliphatic heterocycles. The monoisotopic (exact) mass is 306 g/mol. The molecular formula is C16H26N4S. The van der Waals surface area contributed by atoms with Gasteiger partial charge < -0.3 is 5.32 Å². The average molecular weight is 306 g/mol. The SMILES string of the molecule is CCCNC(c1nc(C(C)C)cs1)c1cn(C)nc1CC. The first-order chi connectivity index (χ1) is 10.1. The number of aryl methyl sites for hydroxylation is 2. The van der Waals surface area contributed by atoms with Crippen LogP contribution in [-0.2, 0) is 13.5 Å². The number of rotatable bonds is 7. The quantitative estimate of drug-likeness (QED) is 0.849. The first-order valence-corrected chi connectivity index (χ1v) is 8.65. The fourth-order valence-electron chi connectivity index (χ4n) is 2.39. The van der Waals surface area contributed by atoms with Crippen LogP contribution < -0.4 is 5.32 Å². The van der Waals surface area contributed by atoms with E-state index in [1.165, 1.54) is 11.3 Å². The maximum Gasteiger partial charge on any atom is 0.115 e. The minimum atomic E-state index is 0.158. The van der Waals surface area contributed by atoms with Gasteiger partial charge in [-0.05, 0) is 25.3 Å². The molecule has 0 saturated heterocycles. The zero-order chi connectivity index (χ0) is 15.4. The molecule has 4 nitrogen and oxygen atoms in total. The van der Waals surface area contributed by atoms with Crippen molar-refractivity contribution in [3.63, 3.8) is 0 Å². The summed E-state index contributed by atoms with van der Waals surface area (Å²) >= 11 is 1.75. The van der Waals surface area contributed by atoms with Crippen LogP contribution in [0.4, 0.5) is 0 Å². The Balaban J connectivity index is 2.36. The van der Waals surface area contributed by atoms with E-state index in [2.05, 4.69) is 49.7 Å². The summed E-state index contributed by atoms with van der Waals surface area (Å²) in [6.45, 7) is 9.71. The van der Waals surface area contributed by atoms with Crippen molar-refractivity contribution in [2.75, 3.05) is 6.54 Å². The van der Waals surface area contributed by atoms with Gasteiger partial charge in [0.1, 0.15) is 5.01 Å². The van der Waals surface area contributed by atoms with Crippen LogP contribution in [0.1, 0.15) is 68.0 Å². The maximum absolute atomic E-state index is 4.84. The van der Waals surface area contributed by atoms with Gasteiger partial charge in [-0.1, -0.05) is 27.7 Å². The molecular weight excluding hydrogens is 280 g/mol. The summed E-state index contributed by atoms with van der Waals surface area (Å²) in [7, 11) is 1.99. The van der Waals surface area contributed by atoms with Crippen molar-refractivity contribution in [3.05, 3.63) is 33.5 Å². The van der Waals surface area contributed by atoms with E-state index in [9.17, 15) is 0 Å². The third-order valence-electron chi connectivity index (χ3n) is 3.56. The van der Waals surface area contributed by atoms with Crippen LogP contribution in [0.25, 0.3) is 0 Å². The van der Waals surface area contributed by atoms with Gasteiger partial charge in [-0.2, -0.15) is 5.10 Å². The summed E-state index contributed by atoms with van der Waals surface area (Å²) < 4.78 is 1.91. The molecule has 0 bridgehead atoms. The van der Waals surface area contributed by atoms with E-state index in [0.29, 0.717) is 5.92 Å². The minimum absolute atomic E-state index is 0.158. The number of thiazole rings is 1. The normalized spacial score (nSPS) is 13.0. The highest BCUT2D eigenvalue weighted by Gasteiger charge is 2.22. The molecule has 0 radical (unpaired) electrons. The third-order valence-corrected chi connectivity index (χ3v) is 4.49. The zero-order valence-electron chi connectivity index (χ0n) is 13.7. The number of hydrogen-bond acceptors (Lipinski definition) is 4. The zero-order valence-corrected chi connectivity index (χ0v) is 14.5. The Morgan fingerprint density at radius 3 is 2.67 bits per heavy atom. The fourth-order valence-corrected chi connectivity index (χ4v) is 3.46. The van der Waals surface area contributed by atoms with Crippen molar-refractivity contribution in [3.8, 4) is 0 Å². The Kier molecular flexibility index (Phi) is 5.53. The molecule has 2 heterocycles. The molecule has 0 amide bonds. The Morgan fingerprint density at radius 2 is 2.10 bits per heavy atom. The van der Waals surface area contributed by atoms with Crippen molar-refractivity contribution in [2.24, 2.45) is 7.05 Å². The lowest BCUT2D eigenvalue weighted by Gasteiger charge is -2.16. The second-order valence-electron chi connectivity index (χ2n) is 5.71. The van der Waals surface area contributed by atoms with Crippen molar-refractivity contribution in [1.29, 1.82) is 0 Å². The van der Waals surface area contributed by atoms with Crippen LogP contribution in [0, 0.1) is 0 Å². The molecule has 0 aromatic carbocycles. The predicted octanol–water partition coefficient (Wildman–Crippen LogP) is 3.65. The third kappa shape index (κ3) is 3.71. The number of hydrogen-bond donors (Lipinski definition) is 1. The summed E-state index contributed by atoms with van der Waals surface area (Å²) in [5, 5.41) is 11.5. The highest BCUT2D eigenvalue weighted by molar-refractivity contribution is 7.09. The minimum Gasteiger partial charge on any atom is -0.304 e. The molecule has 0 saturated carbocycles. The Hall–Kier alpha value is -1.20. The van der Waals surface area contributed by atoms with Gasteiger partial charge in [-0.3, -0.25) is 4.68 Å². The van der Waals surface area contributed by atoms with Gasteiger partial charge in [-0.25, -0.2) is 4.98 Å². The van der Waals surface area contributed by atoms with E-state index in [-0.39, 0.29) is 6.04 Å². The van der Waals surface area contributed by atoms with E-state index in [1.54, 1.807) is 11.3 Å². The molecule has 2 rings (SSSR count). The highest BCUT2D eigenvalue weighted by Crippen LogP contribution is 2.29. The van der Waals surface area contributed by atoms with Crippen molar-refractivity contribution in [2.45, 2.75) is 52.5 Å². The Morgan fingerprint density at radius 1 is 1.33 bits per heavy atom. The van der Waals surface area contributed by atoms with Gasteiger partial charge in [0.25, 0.3) is 0 Å². The van der Waals surface area contributed by atoms with Crippen molar-refractivity contribution < 1.29 is 0 Å². The molecule has 116 valence electrons. The Labute approximate surface area is 131 Å². The molecule has 21 heavy (non-hydrogen) atoms. The van der Waals surface area contributed by atoms with Gasteiger partial charge in [0.2, 0.25) is 0 Å². The van der Waals surface area contributed by atoms with Crippen LogP contribution in [0.5, 0.6) is 0 Å². The molecule has 0 fully saturated rings. The van der Waals surface area contributed by atoms with Gasteiger partial charge in [0, 0.05) is 24.2 Å². The average Bonchev–Trinajstić information content (AvgIpc) is 3.06. The van der Waals surface area contributed by atoms with Crippen LogP contribution in [0.15, 0.2) is 11.6 Å². The van der Waals surface area contributed by atoms with Gasteiger partial charge in [-0.15, -0.1) is 11.3 Å². The summed E-state index contributed by atoms with van der Waals surface area (Å²) in [4.78, 5) is 4.84. The summed E-state index contributed by atoms with van der Waals surface area (Å²) in [5.74, 6) is 0.473.